The second-order valence-corrected chi connectivity index (χ2v) is 5.71. The van der Waals surface area contributed by atoms with Gasteiger partial charge in [0.1, 0.15) is 0 Å². The average Bonchev–Trinajstić information content (AvgIpc) is 2.83. The summed E-state index contributed by atoms with van der Waals surface area (Å²) in [5.74, 6) is 0.180. The quantitative estimate of drug-likeness (QED) is 0.608. The fourth-order valence-corrected chi connectivity index (χ4v) is 3.54. The topological polar surface area (TPSA) is 56.4 Å². The summed E-state index contributed by atoms with van der Waals surface area (Å²) in [4.78, 5) is 14.8. The van der Waals surface area contributed by atoms with E-state index in [2.05, 4.69) is 20.9 Å². The van der Waals surface area contributed by atoms with Crippen molar-refractivity contribution in [3.8, 4) is 0 Å². The molecule has 0 aliphatic carbocycles. The normalized spacial score (nSPS) is 37.2. The van der Waals surface area contributed by atoms with Gasteiger partial charge in [-0.25, -0.2) is 0 Å². The van der Waals surface area contributed by atoms with E-state index in [1.54, 1.807) is 0 Å². The molecule has 3 saturated heterocycles. The second-order valence-electron chi connectivity index (χ2n) is 5.71. The third-order valence-corrected chi connectivity index (χ3v) is 4.54. The van der Waals surface area contributed by atoms with Gasteiger partial charge in [0.05, 0.1) is 6.04 Å². The van der Waals surface area contributed by atoms with Crippen LogP contribution < -0.4 is 16.0 Å². The summed E-state index contributed by atoms with van der Waals surface area (Å²) < 4.78 is 0. The van der Waals surface area contributed by atoms with Gasteiger partial charge in [-0.05, 0) is 25.8 Å². The molecule has 1 amide bonds. The van der Waals surface area contributed by atoms with Crippen molar-refractivity contribution in [2.24, 2.45) is 0 Å². The van der Waals surface area contributed by atoms with Crippen LogP contribution in [0.15, 0.2) is 0 Å². The molecule has 5 nitrogen and oxygen atoms in total. The minimum Gasteiger partial charge on any atom is -0.350 e. The van der Waals surface area contributed by atoms with Crippen molar-refractivity contribution in [2.45, 2.75) is 43.8 Å². The largest absolute Gasteiger partial charge is 0.350 e. The molecule has 18 heavy (non-hydrogen) atoms. The monoisotopic (exact) mass is 252 g/mol. The molecule has 3 heterocycles. The van der Waals surface area contributed by atoms with Crippen LogP contribution in [0.2, 0.25) is 0 Å². The zero-order chi connectivity index (χ0) is 12.4. The summed E-state index contributed by atoms with van der Waals surface area (Å²) in [5.41, 5.74) is 0. The number of rotatable bonds is 2. The summed E-state index contributed by atoms with van der Waals surface area (Å²) in [7, 11) is 0. The molecule has 0 radical (unpaired) electrons. The third kappa shape index (κ3) is 2.53. The Morgan fingerprint density at radius 1 is 1.17 bits per heavy atom. The van der Waals surface area contributed by atoms with Gasteiger partial charge in [0.25, 0.3) is 0 Å². The molecule has 0 aromatic heterocycles. The van der Waals surface area contributed by atoms with Gasteiger partial charge in [-0.2, -0.15) is 0 Å². The van der Waals surface area contributed by atoms with E-state index in [0.29, 0.717) is 12.1 Å². The van der Waals surface area contributed by atoms with Crippen molar-refractivity contribution in [1.82, 2.24) is 20.9 Å². The molecular weight excluding hydrogens is 228 g/mol. The van der Waals surface area contributed by atoms with E-state index in [-0.39, 0.29) is 11.9 Å². The Bertz CT molecular complexity index is 303. The lowest BCUT2D eigenvalue weighted by Gasteiger charge is -2.33. The van der Waals surface area contributed by atoms with Crippen LogP contribution in [0, 0.1) is 0 Å². The fourth-order valence-electron chi connectivity index (χ4n) is 3.54. The van der Waals surface area contributed by atoms with Crippen LogP contribution in [0.4, 0.5) is 0 Å². The molecule has 3 aliphatic heterocycles. The van der Waals surface area contributed by atoms with Crippen molar-refractivity contribution >= 4 is 5.91 Å². The number of piperidine rings is 1. The average molecular weight is 252 g/mol. The Balaban J connectivity index is 1.54. The highest BCUT2D eigenvalue weighted by atomic mass is 16.2. The van der Waals surface area contributed by atoms with Gasteiger partial charge in [0, 0.05) is 38.3 Å². The van der Waals surface area contributed by atoms with Crippen LogP contribution in [0.1, 0.15) is 25.7 Å². The lowest BCUT2D eigenvalue weighted by Crippen LogP contribution is -2.58. The number of amides is 1. The maximum atomic E-state index is 12.2. The van der Waals surface area contributed by atoms with Crippen LogP contribution in [0.5, 0.6) is 0 Å². The molecule has 3 fully saturated rings. The van der Waals surface area contributed by atoms with Crippen molar-refractivity contribution in [1.29, 1.82) is 0 Å². The minimum atomic E-state index is -0.0450. The van der Waals surface area contributed by atoms with Gasteiger partial charge in [-0.15, -0.1) is 0 Å². The number of piperazine rings is 1. The lowest BCUT2D eigenvalue weighted by molar-refractivity contribution is -0.124. The summed E-state index contributed by atoms with van der Waals surface area (Å²) in [5, 5.41) is 9.80. The number of nitrogens with one attached hydrogen (secondary N) is 3. The first kappa shape index (κ1) is 12.4. The highest BCUT2D eigenvalue weighted by molar-refractivity contribution is 5.82. The number of fused-ring (bicyclic) bond motifs is 1. The molecule has 0 bridgehead atoms. The highest BCUT2D eigenvalue weighted by Gasteiger charge is 2.37. The van der Waals surface area contributed by atoms with Crippen molar-refractivity contribution in [3.63, 3.8) is 0 Å². The van der Waals surface area contributed by atoms with Crippen molar-refractivity contribution in [2.75, 3.05) is 32.7 Å². The van der Waals surface area contributed by atoms with E-state index in [9.17, 15) is 4.79 Å². The van der Waals surface area contributed by atoms with Crippen molar-refractivity contribution in [3.05, 3.63) is 0 Å². The Morgan fingerprint density at radius 2 is 2.11 bits per heavy atom. The van der Waals surface area contributed by atoms with Crippen LogP contribution in [-0.2, 0) is 4.79 Å². The molecule has 3 N–H and O–H groups in total. The van der Waals surface area contributed by atoms with Gasteiger partial charge in [-0.1, -0.05) is 6.42 Å². The Labute approximate surface area is 109 Å². The van der Waals surface area contributed by atoms with Gasteiger partial charge < -0.3 is 16.0 Å². The molecule has 0 spiro atoms. The molecule has 5 heteroatoms. The van der Waals surface area contributed by atoms with Crippen molar-refractivity contribution < 1.29 is 4.79 Å². The molecule has 102 valence electrons. The molecule has 3 atom stereocenters. The predicted octanol–water partition coefficient (Wildman–Crippen LogP) is -0.709. The first-order valence-electron chi connectivity index (χ1n) is 7.33. The highest BCUT2D eigenvalue weighted by Crippen LogP contribution is 2.27. The van der Waals surface area contributed by atoms with Gasteiger partial charge in [0.15, 0.2) is 0 Å². The van der Waals surface area contributed by atoms with E-state index < -0.39 is 0 Å². The van der Waals surface area contributed by atoms with Crippen LogP contribution in [0.25, 0.3) is 0 Å². The Hall–Kier alpha value is -0.650. The van der Waals surface area contributed by atoms with Gasteiger partial charge >= 0.3 is 0 Å². The van der Waals surface area contributed by atoms with E-state index in [4.69, 9.17) is 0 Å². The van der Waals surface area contributed by atoms with Crippen LogP contribution in [-0.4, -0.2) is 61.7 Å². The zero-order valence-electron chi connectivity index (χ0n) is 11.0. The third-order valence-electron chi connectivity index (χ3n) is 4.54. The fraction of sp³-hybridized carbons (Fsp3) is 0.923. The molecule has 3 unspecified atom stereocenters. The van der Waals surface area contributed by atoms with E-state index in [0.717, 1.165) is 32.6 Å². The maximum Gasteiger partial charge on any atom is 0.238 e. The SMILES string of the molecule is O=C(NC1CCN2CCCCC12)C1CNCCN1. The van der Waals surface area contributed by atoms with Crippen LogP contribution in [0.3, 0.4) is 0 Å². The molecular formula is C13H24N4O. The van der Waals surface area contributed by atoms with Gasteiger partial charge in [0.2, 0.25) is 5.91 Å². The number of carbonyl (C=O) groups excluding carboxylic acids is 1. The number of nitrogens with zero attached hydrogens (tertiary/aromatic N) is 1. The predicted molar refractivity (Wildman–Crippen MR) is 70.4 cm³/mol. The number of hydrogen-bond acceptors (Lipinski definition) is 4. The summed E-state index contributed by atoms with van der Waals surface area (Å²) in [6, 6.07) is 0.928. The lowest BCUT2D eigenvalue weighted by atomic mass is 9.99. The first-order chi connectivity index (χ1) is 8.84. The van der Waals surface area contributed by atoms with Crippen LogP contribution >= 0.6 is 0 Å². The Morgan fingerprint density at radius 3 is 2.94 bits per heavy atom. The molecule has 3 rings (SSSR count). The maximum absolute atomic E-state index is 12.2. The molecule has 3 aliphatic rings. The summed E-state index contributed by atoms with van der Waals surface area (Å²) >= 11 is 0. The molecule has 0 aromatic rings. The Kier molecular flexibility index (Phi) is 3.82. The molecule has 0 saturated carbocycles. The standard InChI is InChI=1S/C13H24N4O/c18-13(11-9-14-5-6-15-11)16-10-4-8-17-7-2-1-3-12(10)17/h10-12,14-15H,1-9H2,(H,16,18). The van der Waals surface area contributed by atoms with Gasteiger partial charge in [-0.3, -0.25) is 9.69 Å². The first-order valence-corrected chi connectivity index (χ1v) is 7.33. The molecule has 0 aromatic carbocycles. The smallest absolute Gasteiger partial charge is 0.238 e. The van der Waals surface area contributed by atoms with E-state index in [1.165, 1.54) is 25.8 Å². The zero-order valence-corrected chi connectivity index (χ0v) is 11.0. The minimum absolute atomic E-state index is 0.0450. The van der Waals surface area contributed by atoms with E-state index in [1.807, 2.05) is 0 Å². The second kappa shape index (κ2) is 5.55. The summed E-state index contributed by atoms with van der Waals surface area (Å²) in [6.45, 7) is 4.99. The van der Waals surface area contributed by atoms with E-state index >= 15 is 0 Å². The summed E-state index contributed by atoms with van der Waals surface area (Å²) in [6.07, 6.45) is 5.01. The number of hydrogen-bond donors (Lipinski definition) is 3. The number of carbonyl (C=O) groups is 1.